The van der Waals surface area contributed by atoms with Crippen molar-refractivity contribution in [3.8, 4) is 11.5 Å². The van der Waals surface area contributed by atoms with Crippen LogP contribution < -0.4 is 14.8 Å². The molecule has 6 nitrogen and oxygen atoms in total. The number of furan rings is 1. The van der Waals surface area contributed by atoms with Crippen molar-refractivity contribution in [3.63, 3.8) is 0 Å². The molecule has 1 saturated heterocycles. The third-order valence-corrected chi connectivity index (χ3v) is 5.39. The number of nitrogens with zero attached hydrogens (tertiary/aromatic N) is 1. The van der Waals surface area contributed by atoms with Crippen molar-refractivity contribution in [3.05, 3.63) is 84.3 Å². The molecule has 1 aliphatic rings. The number of nitrogens with one attached hydrogen (secondary N) is 1. The molecule has 3 aromatic rings. The number of rotatable bonds is 10. The highest BCUT2D eigenvalue weighted by Crippen LogP contribution is 2.25. The first-order valence-corrected chi connectivity index (χ1v) is 10.7. The molecule has 31 heavy (non-hydrogen) atoms. The molecule has 2 aromatic carbocycles. The second kappa shape index (κ2) is 10.7. The van der Waals surface area contributed by atoms with Crippen molar-refractivity contribution in [2.45, 2.75) is 25.5 Å². The van der Waals surface area contributed by atoms with E-state index in [2.05, 4.69) is 10.2 Å². The highest BCUT2D eigenvalue weighted by molar-refractivity contribution is 5.77. The highest BCUT2D eigenvalue weighted by Gasteiger charge is 2.25. The summed E-state index contributed by atoms with van der Waals surface area (Å²) < 4.78 is 17.0. The summed E-state index contributed by atoms with van der Waals surface area (Å²) in [5.74, 6) is 2.12. The molecule has 1 aromatic heterocycles. The summed E-state index contributed by atoms with van der Waals surface area (Å²) in [6, 6.07) is 21.2. The molecular weight excluding hydrogens is 392 g/mol. The summed E-state index contributed by atoms with van der Waals surface area (Å²) in [5.41, 5.74) is 1.11. The molecular formula is C25H28N2O4. The monoisotopic (exact) mass is 420 g/mol. The number of hydrogen-bond acceptors (Lipinski definition) is 5. The second-order valence-corrected chi connectivity index (χ2v) is 7.61. The van der Waals surface area contributed by atoms with Crippen LogP contribution in [-0.4, -0.2) is 37.0 Å². The van der Waals surface area contributed by atoms with Gasteiger partial charge in [-0.05, 0) is 67.9 Å². The summed E-state index contributed by atoms with van der Waals surface area (Å²) in [7, 11) is 0. The molecule has 2 heterocycles. The average Bonchev–Trinajstić information content (AvgIpc) is 3.53. The Morgan fingerprint density at radius 2 is 1.65 bits per heavy atom. The van der Waals surface area contributed by atoms with Crippen molar-refractivity contribution in [2.75, 3.05) is 26.2 Å². The van der Waals surface area contributed by atoms with Crippen molar-refractivity contribution in [1.82, 2.24) is 10.2 Å². The Bertz CT molecular complexity index is 920. The van der Waals surface area contributed by atoms with Crippen molar-refractivity contribution < 1.29 is 18.7 Å². The van der Waals surface area contributed by atoms with Gasteiger partial charge in [-0.2, -0.15) is 0 Å². The average molecular weight is 421 g/mol. The predicted octanol–water partition coefficient (Wildman–Crippen LogP) is 4.19. The smallest absolute Gasteiger partial charge is 0.258 e. The van der Waals surface area contributed by atoms with Crippen LogP contribution in [0.25, 0.3) is 0 Å². The molecule has 1 aliphatic heterocycles. The standard InChI is InChI=1S/C25H28N2O4/c28-25(26-17-23(24-9-6-16-29-24)27-14-4-5-15-27)19-31-22-12-10-21(11-13-22)30-18-20-7-2-1-3-8-20/h1-3,6-13,16,23H,4-5,14-15,17-19H2,(H,26,28)/t23-/m1/s1. The molecule has 162 valence electrons. The van der Waals surface area contributed by atoms with Gasteiger partial charge in [0.15, 0.2) is 6.61 Å². The highest BCUT2D eigenvalue weighted by atomic mass is 16.5. The molecule has 0 unspecified atom stereocenters. The van der Waals surface area contributed by atoms with E-state index in [4.69, 9.17) is 13.9 Å². The van der Waals surface area contributed by atoms with Gasteiger partial charge in [0.2, 0.25) is 0 Å². The van der Waals surface area contributed by atoms with E-state index >= 15 is 0 Å². The van der Waals surface area contributed by atoms with E-state index in [1.807, 2.05) is 66.7 Å². The minimum absolute atomic E-state index is 0.0326. The molecule has 0 radical (unpaired) electrons. The van der Waals surface area contributed by atoms with Crippen molar-refractivity contribution in [1.29, 1.82) is 0 Å². The van der Waals surface area contributed by atoms with Gasteiger partial charge < -0.3 is 19.2 Å². The summed E-state index contributed by atoms with van der Waals surface area (Å²) in [6.45, 7) is 3.03. The molecule has 1 amide bonds. The van der Waals surface area contributed by atoms with E-state index in [9.17, 15) is 4.79 Å². The molecule has 4 rings (SSSR count). The number of carbonyl (C=O) groups is 1. The second-order valence-electron chi connectivity index (χ2n) is 7.61. The molecule has 0 bridgehead atoms. The molecule has 6 heteroatoms. The van der Waals surface area contributed by atoms with Crippen LogP contribution in [0.5, 0.6) is 11.5 Å². The van der Waals surface area contributed by atoms with E-state index in [0.29, 0.717) is 18.9 Å². The van der Waals surface area contributed by atoms with Gasteiger partial charge in [0.25, 0.3) is 5.91 Å². The van der Waals surface area contributed by atoms with Crippen molar-refractivity contribution >= 4 is 5.91 Å². The Labute approximate surface area is 182 Å². The molecule has 1 N–H and O–H groups in total. The lowest BCUT2D eigenvalue weighted by Gasteiger charge is -2.26. The number of hydrogen-bond donors (Lipinski definition) is 1. The van der Waals surface area contributed by atoms with Crippen LogP contribution in [0.15, 0.2) is 77.4 Å². The Morgan fingerprint density at radius 3 is 2.32 bits per heavy atom. The maximum atomic E-state index is 12.3. The van der Waals surface area contributed by atoms with Crippen LogP contribution >= 0.6 is 0 Å². The zero-order chi connectivity index (χ0) is 21.3. The Morgan fingerprint density at radius 1 is 0.935 bits per heavy atom. The van der Waals surface area contributed by atoms with Crippen LogP contribution in [0.4, 0.5) is 0 Å². The fourth-order valence-electron chi connectivity index (χ4n) is 3.73. The minimum Gasteiger partial charge on any atom is -0.489 e. The van der Waals surface area contributed by atoms with Crippen LogP contribution in [0, 0.1) is 0 Å². The molecule has 0 spiro atoms. The first kappa shape index (κ1) is 21.0. The van der Waals surface area contributed by atoms with E-state index in [-0.39, 0.29) is 18.6 Å². The lowest BCUT2D eigenvalue weighted by atomic mass is 10.2. The summed E-state index contributed by atoms with van der Waals surface area (Å²) in [6.07, 6.45) is 4.04. The maximum Gasteiger partial charge on any atom is 0.258 e. The minimum atomic E-state index is -0.153. The first-order chi connectivity index (χ1) is 15.3. The van der Waals surface area contributed by atoms with E-state index in [1.165, 1.54) is 12.8 Å². The van der Waals surface area contributed by atoms with Crippen LogP contribution in [0.1, 0.15) is 30.2 Å². The van der Waals surface area contributed by atoms with Crippen LogP contribution in [-0.2, 0) is 11.4 Å². The molecule has 0 aliphatic carbocycles. The van der Waals surface area contributed by atoms with Gasteiger partial charge in [0, 0.05) is 6.54 Å². The lowest BCUT2D eigenvalue weighted by molar-refractivity contribution is -0.123. The molecule has 0 saturated carbocycles. The lowest BCUT2D eigenvalue weighted by Crippen LogP contribution is -2.38. The third-order valence-electron chi connectivity index (χ3n) is 5.39. The maximum absolute atomic E-state index is 12.3. The number of amides is 1. The predicted molar refractivity (Wildman–Crippen MR) is 118 cm³/mol. The summed E-state index contributed by atoms with van der Waals surface area (Å²) in [4.78, 5) is 14.7. The topological polar surface area (TPSA) is 63.9 Å². The number of benzene rings is 2. The third kappa shape index (κ3) is 6.12. The first-order valence-electron chi connectivity index (χ1n) is 10.7. The Kier molecular flexibility index (Phi) is 7.24. The largest absolute Gasteiger partial charge is 0.489 e. The van der Waals surface area contributed by atoms with Gasteiger partial charge in [-0.1, -0.05) is 30.3 Å². The SMILES string of the molecule is O=C(COc1ccc(OCc2ccccc2)cc1)NC[C@H](c1ccco1)N1CCCC1. The van der Waals surface area contributed by atoms with Gasteiger partial charge in [-0.25, -0.2) is 0 Å². The Hall–Kier alpha value is -3.25. The van der Waals surface area contributed by atoms with E-state index < -0.39 is 0 Å². The summed E-state index contributed by atoms with van der Waals surface area (Å²) in [5, 5.41) is 2.98. The van der Waals surface area contributed by atoms with Gasteiger partial charge in [0.05, 0.1) is 12.3 Å². The van der Waals surface area contributed by atoms with Gasteiger partial charge in [0.1, 0.15) is 23.9 Å². The van der Waals surface area contributed by atoms with Gasteiger partial charge >= 0.3 is 0 Å². The van der Waals surface area contributed by atoms with Gasteiger partial charge in [-0.15, -0.1) is 0 Å². The zero-order valence-electron chi connectivity index (χ0n) is 17.5. The number of carbonyl (C=O) groups excluding carboxylic acids is 1. The fourth-order valence-corrected chi connectivity index (χ4v) is 3.73. The fraction of sp³-hybridized carbons (Fsp3) is 0.320. The van der Waals surface area contributed by atoms with Gasteiger partial charge in [-0.3, -0.25) is 9.69 Å². The van der Waals surface area contributed by atoms with E-state index in [1.54, 1.807) is 6.26 Å². The number of ether oxygens (including phenoxy) is 2. The summed E-state index contributed by atoms with van der Waals surface area (Å²) >= 11 is 0. The van der Waals surface area contributed by atoms with E-state index in [0.717, 1.165) is 30.2 Å². The zero-order valence-corrected chi connectivity index (χ0v) is 17.5. The van der Waals surface area contributed by atoms with Crippen LogP contribution in [0.3, 0.4) is 0 Å². The quantitative estimate of drug-likeness (QED) is 0.533. The van der Waals surface area contributed by atoms with Crippen molar-refractivity contribution in [2.24, 2.45) is 0 Å². The Balaban J connectivity index is 1.22. The number of likely N-dealkylation sites (tertiary alicyclic amines) is 1. The molecule has 1 atom stereocenters. The van der Waals surface area contributed by atoms with Crippen LogP contribution in [0.2, 0.25) is 0 Å². The molecule has 1 fully saturated rings. The normalized spacial score (nSPS) is 14.8.